The van der Waals surface area contributed by atoms with Crippen molar-refractivity contribution >= 4 is 17.7 Å². The maximum absolute atomic E-state index is 13.1. The summed E-state index contributed by atoms with van der Waals surface area (Å²) >= 11 is 0. The molecule has 1 aromatic carbocycles. The van der Waals surface area contributed by atoms with E-state index in [2.05, 4.69) is 29.8 Å². The van der Waals surface area contributed by atoms with Gasteiger partial charge in [0, 0.05) is 29.6 Å². The van der Waals surface area contributed by atoms with Gasteiger partial charge in [-0.15, -0.1) is 0 Å². The zero-order chi connectivity index (χ0) is 25.4. The summed E-state index contributed by atoms with van der Waals surface area (Å²) in [6.45, 7) is 7.09. The van der Waals surface area contributed by atoms with Crippen molar-refractivity contribution in [1.82, 2.24) is 20.9 Å². The first kappa shape index (κ1) is 25.0. The van der Waals surface area contributed by atoms with Gasteiger partial charge in [-0.2, -0.15) is 0 Å². The van der Waals surface area contributed by atoms with Gasteiger partial charge in [0.25, 0.3) is 5.91 Å². The molecule has 3 aliphatic heterocycles. The summed E-state index contributed by atoms with van der Waals surface area (Å²) in [6, 6.07) is 3.89. The van der Waals surface area contributed by atoms with Gasteiger partial charge >= 0.3 is 0 Å². The van der Waals surface area contributed by atoms with Crippen molar-refractivity contribution in [3.05, 3.63) is 23.3 Å². The average molecular weight is 499 g/mol. The maximum Gasteiger partial charge on any atom is 0.255 e. The Labute approximate surface area is 212 Å². The molecule has 0 spiro atoms. The molecule has 3 amide bonds. The highest BCUT2D eigenvalue weighted by Gasteiger charge is 2.41. The number of imide groups is 1. The van der Waals surface area contributed by atoms with E-state index in [1.54, 1.807) is 19.2 Å². The highest BCUT2D eigenvalue weighted by molar-refractivity contribution is 6.05. The van der Waals surface area contributed by atoms with Crippen molar-refractivity contribution in [2.24, 2.45) is 11.8 Å². The largest absolute Gasteiger partial charge is 0.492 e. The fourth-order valence-electron chi connectivity index (χ4n) is 6.23. The second-order valence-corrected chi connectivity index (χ2v) is 11.0. The maximum atomic E-state index is 13.1. The SMILES string of the molecule is COc1c(OC2CC(N[C@H](C(C)C)C3CCNCC3)C2)ccc2c1CN([C@@H]1CCC(=O)NC1=O)C2=O. The molecule has 9 nitrogen and oxygen atoms in total. The van der Waals surface area contributed by atoms with Crippen molar-refractivity contribution in [3.63, 3.8) is 0 Å². The fourth-order valence-corrected chi connectivity index (χ4v) is 6.23. The summed E-state index contributed by atoms with van der Waals surface area (Å²) in [6.07, 6.45) is 4.99. The predicted molar refractivity (Wildman–Crippen MR) is 134 cm³/mol. The van der Waals surface area contributed by atoms with E-state index in [-0.39, 0.29) is 30.9 Å². The summed E-state index contributed by atoms with van der Waals surface area (Å²) in [7, 11) is 1.58. The van der Waals surface area contributed by atoms with E-state index >= 15 is 0 Å². The normalized spacial score (nSPS) is 27.5. The quantitative estimate of drug-likeness (QED) is 0.470. The predicted octanol–water partition coefficient (Wildman–Crippen LogP) is 1.98. The summed E-state index contributed by atoms with van der Waals surface area (Å²) in [5.74, 6) is 1.58. The smallest absolute Gasteiger partial charge is 0.255 e. The first-order valence-corrected chi connectivity index (χ1v) is 13.3. The second kappa shape index (κ2) is 10.4. The standard InChI is InChI=1S/C27H38N4O5/c1-15(2)24(16-8-10-28-11-9-16)29-17-12-18(13-17)36-22-6-4-19-20(25(22)35-3)14-31(27(19)34)21-5-7-23(32)30-26(21)33/h4,6,15-18,21,24,28-29H,5,7-14H2,1-3H3,(H,30,32,33)/t17?,18?,21-,24-/m1/s1. The number of benzene rings is 1. The van der Waals surface area contributed by atoms with Crippen LogP contribution in [-0.4, -0.2) is 67.1 Å². The molecule has 0 bridgehead atoms. The van der Waals surface area contributed by atoms with E-state index in [0.717, 1.165) is 31.5 Å². The lowest BCUT2D eigenvalue weighted by Crippen LogP contribution is -2.55. The Balaban J connectivity index is 1.22. The van der Waals surface area contributed by atoms with Crippen molar-refractivity contribution in [2.75, 3.05) is 20.2 Å². The van der Waals surface area contributed by atoms with Gasteiger partial charge < -0.3 is 25.0 Å². The molecule has 1 aromatic rings. The molecule has 3 heterocycles. The van der Waals surface area contributed by atoms with Crippen molar-refractivity contribution in [3.8, 4) is 11.5 Å². The minimum absolute atomic E-state index is 0.0960. The van der Waals surface area contributed by atoms with Crippen LogP contribution in [0.1, 0.15) is 68.3 Å². The molecule has 3 fully saturated rings. The Morgan fingerprint density at radius 3 is 2.50 bits per heavy atom. The van der Waals surface area contributed by atoms with E-state index in [4.69, 9.17) is 9.47 Å². The van der Waals surface area contributed by atoms with E-state index in [1.807, 2.05) is 0 Å². The van der Waals surface area contributed by atoms with Crippen LogP contribution in [0.3, 0.4) is 0 Å². The van der Waals surface area contributed by atoms with Crippen LogP contribution in [0.2, 0.25) is 0 Å². The number of piperidine rings is 2. The van der Waals surface area contributed by atoms with Crippen LogP contribution in [0.5, 0.6) is 11.5 Å². The highest BCUT2D eigenvalue weighted by Crippen LogP contribution is 2.41. The van der Waals surface area contributed by atoms with Crippen LogP contribution >= 0.6 is 0 Å². The van der Waals surface area contributed by atoms with Gasteiger partial charge in [-0.25, -0.2) is 0 Å². The number of hydrogen-bond donors (Lipinski definition) is 3. The van der Waals surface area contributed by atoms with Gasteiger partial charge in [-0.3, -0.25) is 19.7 Å². The third kappa shape index (κ3) is 4.83. The first-order chi connectivity index (χ1) is 17.4. The summed E-state index contributed by atoms with van der Waals surface area (Å²) in [4.78, 5) is 38.5. The van der Waals surface area contributed by atoms with Crippen LogP contribution in [0.15, 0.2) is 12.1 Å². The molecule has 0 radical (unpaired) electrons. The zero-order valence-corrected chi connectivity index (χ0v) is 21.5. The van der Waals surface area contributed by atoms with Gasteiger partial charge in [-0.1, -0.05) is 13.8 Å². The van der Waals surface area contributed by atoms with Gasteiger partial charge in [0.15, 0.2) is 11.5 Å². The molecule has 1 saturated carbocycles. The third-order valence-corrected chi connectivity index (χ3v) is 8.26. The van der Waals surface area contributed by atoms with E-state index in [9.17, 15) is 14.4 Å². The lowest BCUT2D eigenvalue weighted by Gasteiger charge is -2.42. The summed E-state index contributed by atoms with van der Waals surface area (Å²) in [5.41, 5.74) is 1.27. The minimum atomic E-state index is -0.649. The van der Waals surface area contributed by atoms with Crippen molar-refractivity contribution in [1.29, 1.82) is 0 Å². The molecular weight excluding hydrogens is 460 g/mol. The molecule has 5 rings (SSSR count). The lowest BCUT2D eigenvalue weighted by molar-refractivity contribution is -0.136. The van der Waals surface area contributed by atoms with Gasteiger partial charge in [0.1, 0.15) is 12.1 Å². The molecule has 196 valence electrons. The second-order valence-electron chi connectivity index (χ2n) is 11.0. The van der Waals surface area contributed by atoms with Crippen LogP contribution < -0.4 is 25.4 Å². The monoisotopic (exact) mass is 498 g/mol. The number of nitrogens with one attached hydrogen (secondary N) is 3. The van der Waals surface area contributed by atoms with Gasteiger partial charge in [-0.05, 0) is 69.2 Å². The van der Waals surface area contributed by atoms with Crippen LogP contribution in [0.4, 0.5) is 0 Å². The van der Waals surface area contributed by atoms with Gasteiger partial charge in [0.05, 0.1) is 13.7 Å². The Kier molecular flexibility index (Phi) is 7.21. The number of methoxy groups -OCH3 is 1. The molecule has 0 aromatic heterocycles. The topological polar surface area (TPSA) is 109 Å². The number of hydrogen-bond acceptors (Lipinski definition) is 7. The van der Waals surface area contributed by atoms with E-state index in [0.29, 0.717) is 47.4 Å². The lowest BCUT2D eigenvalue weighted by atomic mass is 9.81. The molecule has 4 aliphatic rings. The highest BCUT2D eigenvalue weighted by atomic mass is 16.5. The molecule has 2 atom stereocenters. The Morgan fingerprint density at radius 2 is 1.83 bits per heavy atom. The molecule has 3 N–H and O–H groups in total. The third-order valence-electron chi connectivity index (χ3n) is 8.26. The summed E-state index contributed by atoms with van der Waals surface area (Å²) in [5, 5.41) is 9.72. The Hall–Kier alpha value is -2.65. The van der Waals surface area contributed by atoms with E-state index < -0.39 is 11.9 Å². The van der Waals surface area contributed by atoms with Crippen LogP contribution in [-0.2, 0) is 16.1 Å². The average Bonchev–Trinajstić information content (AvgIpc) is 3.16. The van der Waals surface area contributed by atoms with Crippen molar-refractivity contribution in [2.45, 2.75) is 83.1 Å². The number of rotatable bonds is 8. The number of amides is 3. The van der Waals surface area contributed by atoms with Crippen LogP contribution in [0.25, 0.3) is 0 Å². The molecule has 1 aliphatic carbocycles. The molecule has 36 heavy (non-hydrogen) atoms. The number of fused-ring (bicyclic) bond motifs is 1. The zero-order valence-electron chi connectivity index (χ0n) is 21.5. The Morgan fingerprint density at radius 1 is 1.08 bits per heavy atom. The molecule has 0 unspecified atom stereocenters. The Bertz CT molecular complexity index is 1020. The summed E-state index contributed by atoms with van der Waals surface area (Å²) < 4.78 is 12.0. The number of ether oxygens (including phenoxy) is 2. The molecular formula is C27H38N4O5. The number of carbonyl (C=O) groups excluding carboxylic acids is 3. The van der Waals surface area contributed by atoms with Crippen molar-refractivity contribution < 1.29 is 23.9 Å². The van der Waals surface area contributed by atoms with Crippen LogP contribution in [0, 0.1) is 11.8 Å². The van der Waals surface area contributed by atoms with E-state index in [1.165, 1.54) is 17.7 Å². The minimum Gasteiger partial charge on any atom is -0.492 e. The number of carbonyl (C=O) groups is 3. The van der Waals surface area contributed by atoms with Gasteiger partial charge in [0.2, 0.25) is 11.8 Å². The number of nitrogens with zero attached hydrogens (tertiary/aromatic N) is 1. The fraction of sp³-hybridized carbons (Fsp3) is 0.667. The molecule has 2 saturated heterocycles. The first-order valence-electron chi connectivity index (χ1n) is 13.3. The molecule has 9 heteroatoms.